The molecule has 0 bridgehead atoms. The summed E-state index contributed by atoms with van der Waals surface area (Å²) in [5.41, 5.74) is 3.04. The third-order valence-electron chi connectivity index (χ3n) is 11.0. The molecule has 0 saturated carbocycles. The van der Waals surface area contributed by atoms with Crippen LogP contribution in [0.25, 0.3) is 0 Å². The fraction of sp³-hybridized carbons (Fsp3) is 0.617. The molecule has 5 rings (SSSR count). The standard InChI is InChI=1S/C49H60Cl4N3O10P.C3H9N.4C2H6/c1-27(2)56(28(3)4)67(62-22-16-19-54)61-21-15-13-12-14-20-55-38(57)18-17-30-23-33-43(39(53)42(30)65-46(60)48(9,10)11)63-40-29(5)41(64-45(59)47(6,7)8)37(52)26-34(40)49(33)32-25-36(51)35(50)24-31(32)44(58)66-49;1-3(2)4;4*1-2/h23-28H,12-18,20-22H2,1-11H3,(H,55,57);3H,4H2,1-2H3;4*1-2H3. The summed E-state index contributed by atoms with van der Waals surface area (Å²) >= 11 is 27.3. The van der Waals surface area contributed by atoms with Crippen molar-refractivity contribution in [1.29, 1.82) is 5.26 Å². The lowest BCUT2D eigenvalue weighted by Crippen LogP contribution is -2.34. The topological polar surface area (TPSA) is 189 Å². The number of benzene rings is 3. The fourth-order valence-corrected chi connectivity index (χ4v) is 10.1. The van der Waals surface area contributed by atoms with E-state index in [2.05, 4.69) is 43.8 Å². The van der Waals surface area contributed by atoms with E-state index in [9.17, 15) is 19.2 Å². The predicted octanol–water partition coefficient (Wildman–Crippen LogP) is 17.4. The summed E-state index contributed by atoms with van der Waals surface area (Å²) in [6.45, 7) is 41.3. The number of hydrogen-bond donors (Lipinski definition) is 2. The molecular weight excluding hydrogens is 1110 g/mol. The summed E-state index contributed by atoms with van der Waals surface area (Å²) in [6, 6.07) is 8.97. The number of nitrogens with zero attached hydrogens (tertiary/aromatic N) is 2. The van der Waals surface area contributed by atoms with Crippen molar-refractivity contribution in [3.63, 3.8) is 0 Å². The van der Waals surface area contributed by atoms with Gasteiger partial charge < -0.3 is 39.0 Å². The van der Waals surface area contributed by atoms with Gasteiger partial charge in [-0.3, -0.25) is 14.4 Å². The molecule has 3 aromatic rings. The average molecular weight is 1200 g/mol. The zero-order valence-electron chi connectivity index (χ0n) is 51.1. The number of unbranched alkanes of at least 4 members (excludes halogenated alkanes) is 3. The number of carbonyl (C=O) groups excluding carboxylic acids is 4. The van der Waals surface area contributed by atoms with E-state index < -0.39 is 42.9 Å². The minimum absolute atomic E-state index is 0.0176. The van der Waals surface area contributed by atoms with Crippen LogP contribution in [0.4, 0.5) is 0 Å². The Morgan fingerprint density at radius 1 is 0.722 bits per heavy atom. The van der Waals surface area contributed by atoms with Crippen LogP contribution >= 0.6 is 54.9 Å². The van der Waals surface area contributed by atoms with Gasteiger partial charge in [-0.15, -0.1) is 0 Å². The lowest BCUT2D eigenvalue weighted by atomic mass is 9.76. The number of hydrogen-bond acceptors (Lipinski definition) is 13. The maximum atomic E-state index is 13.9. The zero-order chi connectivity index (χ0) is 61.3. The highest BCUT2D eigenvalue weighted by Gasteiger charge is 2.56. The molecule has 2 aliphatic heterocycles. The molecule has 0 aromatic heterocycles. The summed E-state index contributed by atoms with van der Waals surface area (Å²) in [7, 11) is -1.31. The van der Waals surface area contributed by atoms with E-state index in [4.69, 9.17) is 85.4 Å². The Labute approximate surface area is 495 Å². The number of ether oxygens (including phenoxy) is 4. The molecular formula is C60H93Cl4N4O10P. The molecule has 14 nitrogen and oxygen atoms in total. The van der Waals surface area contributed by atoms with Crippen molar-refractivity contribution in [3.05, 3.63) is 77.7 Å². The Morgan fingerprint density at radius 3 is 1.72 bits per heavy atom. The number of nitrogens with two attached hydrogens (primary N) is 1. The Kier molecular flexibility index (Phi) is 34.3. The Hall–Kier alpha value is -3.74. The zero-order valence-corrected chi connectivity index (χ0v) is 55.0. The lowest BCUT2D eigenvalue weighted by molar-refractivity contribution is -0.143. The summed E-state index contributed by atoms with van der Waals surface area (Å²) in [5, 5.41) is 12.1. The third kappa shape index (κ3) is 20.9. The van der Waals surface area contributed by atoms with Crippen LogP contribution in [0.3, 0.4) is 0 Å². The number of carbonyl (C=O) groups is 4. The van der Waals surface area contributed by atoms with Gasteiger partial charge in [0.2, 0.25) is 5.91 Å². The minimum atomic E-state index is -1.81. The van der Waals surface area contributed by atoms with Crippen LogP contribution in [0, 0.1) is 29.1 Å². The largest absolute Gasteiger partial charge is 0.454 e. The smallest absolute Gasteiger partial charge is 0.340 e. The highest BCUT2D eigenvalue weighted by Crippen LogP contribution is 2.62. The molecule has 3 aromatic carbocycles. The third-order valence-corrected chi connectivity index (χ3v) is 14.5. The van der Waals surface area contributed by atoms with Crippen LogP contribution in [0.15, 0.2) is 24.3 Å². The van der Waals surface area contributed by atoms with Gasteiger partial charge in [0, 0.05) is 47.3 Å². The Bertz CT molecular complexity index is 2480. The Balaban J connectivity index is 0.00000469. The molecule has 446 valence electrons. The molecule has 2 aliphatic rings. The van der Waals surface area contributed by atoms with Crippen LogP contribution < -0.4 is 25.3 Å². The van der Waals surface area contributed by atoms with Crippen molar-refractivity contribution >= 4 is 78.7 Å². The van der Waals surface area contributed by atoms with E-state index in [0.29, 0.717) is 48.9 Å². The molecule has 1 amide bonds. The second kappa shape index (κ2) is 36.0. The molecule has 3 N–H and O–H groups in total. The van der Waals surface area contributed by atoms with Crippen LogP contribution in [-0.2, 0) is 40.2 Å². The molecule has 19 heteroatoms. The SMILES string of the molecule is CC.CC.CC.CC.CC(C)N.Cc1c(OC(=O)C(C)(C)C)c(Cl)cc2c1Oc1c(cc(CCC(=O)NCCCCCCOP(OCCC#N)N(C(C)C)C(C)C)c(OC(=O)C(C)(C)C)c1Cl)C21OC(=O)c2cc(Cl)c(Cl)cc21. The molecule has 0 aliphatic carbocycles. The number of esters is 3. The molecule has 0 saturated heterocycles. The normalized spacial score (nSPS) is 14.1. The van der Waals surface area contributed by atoms with E-state index in [1.165, 1.54) is 18.2 Å². The van der Waals surface area contributed by atoms with Gasteiger partial charge in [-0.25, -0.2) is 9.46 Å². The first-order chi connectivity index (χ1) is 37.1. The molecule has 2 unspecified atom stereocenters. The van der Waals surface area contributed by atoms with E-state index in [-0.39, 0.29) is 90.6 Å². The van der Waals surface area contributed by atoms with Crippen molar-refractivity contribution in [2.75, 3.05) is 19.8 Å². The van der Waals surface area contributed by atoms with E-state index in [0.717, 1.165) is 25.7 Å². The monoisotopic (exact) mass is 1200 g/mol. The average Bonchev–Trinajstić information content (AvgIpc) is 3.73. The van der Waals surface area contributed by atoms with E-state index in [1.54, 1.807) is 54.5 Å². The number of rotatable bonds is 19. The number of nitriles is 1. The van der Waals surface area contributed by atoms with Gasteiger partial charge in [-0.05, 0) is 131 Å². The lowest BCUT2D eigenvalue weighted by Gasteiger charge is -2.38. The second-order valence-electron chi connectivity index (χ2n) is 20.4. The van der Waals surface area contributed by atoms with Crippen molar-refractivity contribution in [1.82, 2.24) is 9.99 Å². The summed E-state index contributed by atoms with van der Waals surface area (Å²) in [4.78, 5) is 54.0. The van der Waals surface area contributed by atoms with E-state index >= 15 is 0 Å². The van der Waals surface area contributed by atoms with Gasteiger partial charge in [-0.2, -0.15) is 5.26 Å². The number of fused-ring (bicyclic) bond motifs is 6. The number of aryl methyl sites for hydroxylation is 1. The first-order valence-corrected chi connectivity index (χ1v) is 30.5. The highest BCUT2D eigenvalue weighted by molar-refractivity contribution is 7.44. The molecule has 2 heterocycles. The van der Waals surface area contributed by atoms with Crippen LogP contribution in [0.2, 0.25) is 20.1 Å². The molecule has 1 spiro atoms. The summed E-state index contributed by atoms with van der Waals surface area (Å²) in [5.74, 6) is -2.06. The van der Waals surface area contributed by atoms with Gasteiger partial charge in [0.1, 0.15) is 10.8 Å². The van der Waals surface area contributed by atoms with Crippen LogP contribution in [0.5, 0.6) is 23.0 Å². The van der Waals surface area contributed by atoms with Crippen LogP contribution in [0.1, 0.15) is 215 Å². The Morgan fingerprint density at radius 2 is 1.20 bits per heavy atom. The van der Waals surface area contributed by atoms with E-state index in [1.807, 2.05) is 69.2 Å². The van der Waals surface area contributed by atoms with Crippen molar-refractivity contribution in [2.24, 2.45) is 16.6 Å². The van der Waals surface area contributed by atoms with Crippen molar-refractivity contribution in [2.45, 2.75) is 214 Å². The first-order valence-electron chi connectivity index (χ1n) is 27.9. The maximum Gasteiger partial charge on any atom is 0.340 e. The molecule has 0 radical (unpaired) electrons. The molecule has 79 heavy (non-hydrogen) atoms. The number of amides is 1. The fourth-order valence-electron chi connectivity index (χ4n) is 7.58. The van der Waals surface area contributed by atoms with Crippen molar-refractivity contribution < 1.29 is 47.2 Å². The quantitative estimate of drug-likeness (QED) is 0.0500. The van der Waals surface area contributed by atoms with Crippen molar-refractivity contribution in [3.8, 4) is 29.1 Å². The molecule has 0 fully saturated rings. The first kappa shape index (κ1) is 75.3. The minimum Gasteiger partial charge on any atom is -0.454 e. The van der Waals surface area contributed by atoms with Gasteiger partial charge in [0.15, 0.2) is 22.8 Å². The van der Waals surface area contributed by atoms with Gasteiger partial charge in [0.05, 0.1) is 57.2 Å². The van der Waals surface area contributed by atoms with Crippen LogP contribution in [-0.4, -0.2) is 66.4 Å². The molecule has 2 atom stereocenters. The predicted molar refractivity (Wildman–Crippen MR) is 325 cm³/mol. The number of halogens is 4. The van der Waals surface area contributed by atoms with Gasteiger partial charge in [-0.1, -0.05) is 128 Å². The van der Waals surface area contributed by atoms with Gasteiger partial charge in [0.25, 0.3) is 8.53 Å². The second-order valence-corrected chi connectivity index (χ2v) is 23.4. The summed E-state index contributed by atoms with van der Waals surface area (Å²) < 4.78 is 39.2. The number of nitrogens with one attached hydrogen (secondary N) is 1. The highest BCUT2D eigenvalue weighted by atomic mass is 35.5. The summed E-state index contributed by atoms with van der Waals surface area (Å²) in [6.07, 6.45) is 3.60. The maximum absolute atomic E-state index is 13.9. The van der Waals surface area contributed by atoms with Gasteiger partial charge >= 0.3 is 17.9 Å².